The second-order valence-electron chi connectivity index (χ2n) is 4.93. The van der Waals surface area contributed by atoms with Gasteiger partial charge in [-0.3, -0.25) is 9.59 Å². The molecule has 2 aromatic carbocycles. The number of carbonyl (C=O) groups is 2. The lowest BCUT2D eigenvalue weighted by Crippen LogP contribution is -2.14. The highest BCUT2D eigenvalue weighted by molar-refractivity contribution is 6.13. The number of nitrogens with one attached hydrogen (secondary N) is 2. The van der Waals surface area contributed by atoms with E-state index in [0.29, 0.717) is 16.8 Å². The van der Waals surface area contributed by atoms with Gasteiger partial charge in [-0.15, -0.1) is 0 Å². The molecule has 0 aliphatic heterocycles. The minimum absolute atomic E-state index is 0.135. The molecular formula is C17H14N2O3. The lowest BCUT2D eigenvalue weighted by Gasteiger charge is -2.09. The summed E-state index contributed by atoms with van der Waals surface area (Å²) in [6, 6.07) is 14.4. The standard InChI is InChI=1S/C17H14N2O3/c20-16(21)9-11-5-1-3-7-14(11)19-17(22)13-10-18-15-8-4-2-6-12(13)15/h1-8,10,18H,9H2,(H,19,22)(H,20,21). The van der Waals surface area contributed by atoms with Crippen LogP contribution in [0.1, 0.15) is 15.9 Å². The van der Waals surface area contributed by atoms with E-state index in [9.17, 15) is 9.59 Å². The second-order valence-corrected chi connectivity index (χ2v) is 4.93. The molecule has 1 heterocycles. The number of carboxylic acids is 1. The zero-order valence-corrected chi connectivity index (χ0v) is 11.7. The average Bonchev–Trinajstić information content (AvgIpc) is 2.93. The van der Waals surface area contributed by atoms with Crippen LogP contribution >= 0.6 is 0 Å². The fourth-order valence-electron chi connectivity index (χ4n) is 2.41. The Kier molecular flexibility index (Phi) is 3.62. The van der Waals surface area contributed by atoms with Crippen LogP contribution in [0, 0.1) is 0 Å². The monoisotopic (exact) mass is 294 g/mol. The molecule has 0 aliphatic carbocycles. The number of H-pyrrole nitrogens is 1. The summed E-state index contributed by atoms with van der Waals surface area (Å²) in [7, 11) is 0. The number of carboxylic acid groups (broad SMARTS) is 1. The van der Waals surface area contributed by atoms with E-state index in [1.807, 2.05) is 24.3 Å². The van der Waals surface area contributed by atoms with Crippen molar-refractivity contribution >= 4 is 28.5 Å². The van der Waals surface area contributed by atoms with Crippen LogP contribution in [0.4, 0.5) is 5.69 Å². The molecule has 0 unspecified atom stereocenters. The third-order valence-corrected chi connectivity index (χ3v) is 3.44. The molecule has 1 aromatic heterocycles. The molecule has 0 bridgehead atoms. The summed E-state index contributed by atoms with van der Waals surface area (Å²) in [5, 5.41) is 12.6. The number of aliphatic carboxylic acids is 1. The first kappa shape index (κ1) is 13.9. The zero-order valence-electron chi connectivity index (χ0n) is 11.7. The number of aromatic nitrogens is 1. The predicted octanol–water partition coefficient (Wildman–Crippen LogP) is 3.05. The predicted molar refractivity (Wildman–Crippen MR) is 84.0 cm³/mol. The normalized spacial score (nSPS) is 10.5. The van der Waals surface area contributed by atoms with Gasteiger partial charge in [-0.2, -0.15) is 0 Å². The molecular weight excluding hydrogens is 280 g/mol. The molecule has 110 valence electrons. The summed E-state index contributed by atoms with van der Waals surface area (Å²) >= 11 is 0. The molecule has 0 fully saturated rings. The van der Waals surface area contributed by atoms with Crippen LogP contribution in [-0.2, 0) is 11.2 Å². The number of amides is 1. The molecule has 0 spiro atoms. The van der Waals surface area contributed by atoms with Gasteiger partial charge in [0.1, 0.15) is 0 Å². The van der Waals surface area contributed by atoms with Crippen LogP contribution in [0.15, 0.2) is 54.7 Å². The van der Waals surface area contributed by atoms with Crippen molar-refractivity contribution in [2.24, 2.45) is 0 Å². The van der Waals surface area contributed by atoms with E-state index in [-0.39, 0.29) is 12.3 Å². The SMILES string of the molecule is O=C(O)Cc1ccccc1NC(=O)c1c[nH]c2ccccc12. The highest BCUT2D eigenvalue weighted by atomic mass is 16.4. The van der Waals surface area contributed by atoms with Gasteiger partial charge in [0.15, 0.2) is 0 Å². The Hall–Kier alpha value is -3.08. The molecule has 0 aliphatic rings. The Balaban J connectivity index is 1.90. The first-order valence-electron chi connectivity index (χ1n) is 6.82. The van der Waals surface area contributed by atoms with Crippen LogP contribution in [0.2, 0.25) is 0 Å². The summed E-state index contributed by atoms with van der Waals surface area (Å²) in [5.41, 5.74) is 2.50. The lowest BCUT2D eigenvalue weighted by atomic mass is 10.1. The van der Waals surface area contributed by atoms with Gasteiger partial charge >= 0.3 is 5.97 Å². The molecule has 0 radical (unpaired) electrons. The Labute approximate surface area is 126 Å². The van der Waals surface area contributed by atoms with Gasteiger partial charge in [0.25, 0.3) is 5.91 Å². The highest BCUT2D eigenvalue weighted by Crippen LogP contribution is 2.21. The Bertz CT molecular complexity index is 852. The molecule has 3 rings (SSSR count). The zero-order chi connectivity index (χ0) is 15.5. The van der Waals surface area contributed by atoms with Crippen LogP contribution in [0.25, 0.3) is 10.9 Å². The number of hydrogen-bond acceptors (Lipinski definition) is 2. The summed E-state index contributed by atoms with van der Waals surface area (Å²) in [4.78, 5) is 26.4. The molecule has 22 heavy (non-hydrogen) atoms. The highest BCUT2D eigenvalue weighted by Gasteiger charge is 2.14. The molecule has 5 heteroatoms. The van der Waals surface area contributed by atoms with Crippen molar-refractivity contribution in [1.29, 1.82) is 0 Å². The largest absolute Gasteiger partial charge is 0.481 e. The molecule has 3 aromatic rings. The number of aromatic amines is 1. The Morgan fingerprint density at radius 1 is 1.05 bits per heavy atom. The maximum absolute atomic E-state index is 12.4. The average molecular weight is 294 g/mol. The first-order valence-corrected chi connectivity index (χ1v) is 6.82. The molecule has 5 nitrogen and oxygen atoms in total. The Morgan fingerprint density at radius 3 is 2.59 bits per heavy atom. The number of anilines is 1. The van der Waals surface area contributed by atoms with Crippen LogP contribution < -0.4 is 5.32 Å². The first-order chi connectivity index (χ1) is 10.6. The van der Waals surface area contributed by atoms with Crippen LogP contribution in [-0.4, -0.2) is 22.0 Å². The van der Waals surface area contributed by atoms with Crippen molar-refractivity contribution in [2.75, 3.05) is 5.32 Å². The number of para-hydroxylation sites is 2. The summed E-state index contributed by atoms with van der Waals surface area (Å²) < 4.78 is 0. The third-order valence-electron chi connectivity index (χ3n) is 3.44. The quantitative estimate of drug-likeness (QED) is 0.691. The van der Waals surface area contributed by atoms with Gasteiger partial charge in [0.2, 0.25) is 0 Å². The molecule has 1 amide bonds. The molecule has 0 saturated heterocycles. The minimum Gasteiger partial charge on any atom is -0.481 e. The van der Waals surface area contributed by atoms with E-state index in [4.69, 9.17) is 5.11 Å². The summed E-state index contributed by atoms with van der Waals surface area (Å²) in [6.45, 7) is 0. The van der Waals surface area contributed by atoms with Gasteiger partial charge < -0.3 is 15.4 Å². The third kappa shape index (κ3) is 2.69. The van der Waals surface area contributed by atoms with E-state index in [0.717, 1.165) is 10.9 Å². The van der Waals surface area contributed by atoms with Crippen molar-refractivity contribution in [3.63, 3.8) is 0 Å². The number of carbonyl (C=O) groups excluding carboxylic acids is 1. The number of rotatable bonds is 4. The van der Waals surface area contributed by atoms with Crippen LogP contribution in [0.5, 0.6) is 0 Å². The van der Waals surface area contributed by atoms with E-state index in [2.05, 4.69) is 10.3 Å². The van der Waals surface area contributed by atoms with Gasteiger partial charge in [0, 0.05) is 22.8 Å². The van der Waals surface area contributed by atoms with Crippen molar-refractivity contribution < 1.29 is 14.7 Å². The molecule has 0 saturated carbocycles. The van der Waals surface area contributed by atoms with Crippen molar-refractivity contribution in [2.45, 2.75) is 6.42 Å². The van der Waals surface area contributed by atoms with Crippen LogP contribution in [0.3, 0.4) is 0 Å². The number of benzene rings is 2. The lowest BCUT2D eigenvalue weighted by molar-refractivity contribution is -0.136. The summed E-state index contributed by atoms with van der Waals surface area (Å²) in [5.74, 6) is -1.20. The van der Waals surface area contributed by atoms with Crippen molar-refractivity contribution in [1.82, 2.24) is 4.98 Å². The van der Waals surface area contributed by atoms with Gasteiger partial charge in [-0.25, -0.2) is 0 Å². The Morgan fingerprint density at radius 2 is 1.77 bits per heavy atom. The fraction of sp³-hybridized carbons (Fsp3) is 0.0588. The van der Waals surface area contributed by atoms with Gasteiger partial charge in [0.05, 0.1) is 12.0 Å². The molecule has 0 atom stereocenters. The number of fused-ring (bicyclic) bond motifs is 1. The van der Waals surface area contributed by atoms with Gasteiger partial charge in [-0.1, -0.05) is 36.4 Å². The van der Waals surface area contributed by atoms with E-state index in [1.54, 1.807) is 30.5 Å². The minimum atomic E-state index is -0.936. The second kappa shape index (κ2) is 5.73. The topological polar surface area (TPSA) is 82.2 Å². The smallest absolute Gasteiger partial charge is 0.307 e. The van der Waals surface area contributed by atoms with E-state index >= 15 is 0 Å². The maximum Gasteiger partial charge on any atom is 0.307 e. The van der Waals surface area contributed by atoms with E-state index in [1.165, 1.54) is 0 Å². The maximum atomic E-state index is 12.4. The summed E-state index contributed by atoms with van der Waals surface area (Å²) in [6.07, 6.45) is 1.52. The number of hydrogen-bond donors (Lipinski definition) is 3. The van der Waals surface area contributed by atoms with Crippen molar-refractivity contribution in [3.8, 4) is 0 Å². The molecule has 3 N–H and O–H groups in total. The van der Waals surface area contributed by atoms with E-state index < -0.39 is 5.97 Å². The van der Waals surface area contributed by atoms with Gasteiger partial charge in [-0.05, 0) is 17.7 Å². The van der Waals surface area contributed by atoms with Crippen molar-refractivity contribution in [3.05, 3.63) is 65.9 Å². The fourth-order valence-corrected chi connectivity index (χ4v) is 2.41.